The van der Waals surface area contributed by atoms with Gasteiger partial charge in [0.05, 0.1) is 6.21 Å². The van der Waals surface area contributed by atoms with Gasteiger partial charge in [-0.25, -0.2) is 5.43 Å². The van der Waals surface area contributed by atoms with E-state index in [1.165, 1.54) is 11.1 Å². The number of nitrogens with zero attached hydrogens (tertiary/aromatic N) is 1. The minimum absolute atomic E-state index is 0.00824. The standard InChI is InChI=1S/C20H22N2O/c1-14(2)16-10-8-15(9-11-16)13-21-22-20(23)19-12-18(19)17-6-4-3-5-7-17/h3-11,13-14,18-19H,12H2,1-2H3,(H,22,23)/b21-13-/t18-,19-/m1/s1. The summed E-state index contributed by atoms with van der Waals surface area (Å²) in [4.78, 5) is 12.1. The normalized spacial score (nSPS) is 20.0. The largest absolute Gasteiger partial charge is 0.273 e. The number of carbonyl (C=O) groups excluding carboxylic acids is 1. The second-order valence-corrected chi connectivity index (χ2v) is 6.41. The van der Waals surface area contributed by atoms with Gasteiger partial charge in [-0.05, 0) is 34.9 Å². The first-order chi connectivity index (χ1) is 11.1. The quantitative estimate of drug-likeness (QED) is 0.657. The molecular weight excluding hydrogens is 284 g/mol. The molecule has 2 aromatic rings. The summed E-state index contributed by atoms with van der Waals surface area (Å²) in [6.07, 6.45) is 2.61. The third-order valence-electron chi connectivity index (χ3n) is 4.35. The second-order valence-electron chi connectivity index (χ2n) is 6.41. The number of nitrogens with one attached hydrogen (secondary N) is 1. The Balaban J connectivity index is 1.51. The van der Waals surface area contributed by atoms with Crippen LogP contribution in [0.2, 0.25) is 0 Å². The lowest BCUT2D eigenvalue weighted by Crippen LogP contribution is -2.20. The zero-order valence-electron chi connectivity index (χ0n) is 13.6. The van der Waals surface area contributed by atoms with Crippen LogP contribution in [0.15, 0.2) is 59.7 Å². The van der Waals surface area contributed by atoms with Crippen LogP contribution in [0.25, 0.3) is 0 Å². The van der Waals surface area contributed by atoms with Crippen molar-refractivity contribution in [3.05, 3.63) is 71.3 Å². The Labute approximate surface area is 137 Å². The summed E-state index contributed by atoms with van der Waals surface area (Å²) < 4.78 is 0. The van der Waals surface area contributed by atoms with Crippen molar-refractivity contribution < 1.29 is 4.79 Å². The third-order valence-corrected chi connectivity index (χ3v) is 4.35. The minimum Gasteiger partial charge on any atom is -0.273 e. The monoisotopic (exact) mass is 306 g/mol. The van der Waals surface area contributed by atoms with Crippen molar-refractivity contribution in [3.63, 3.8) is 0 Å². The van der Waals surface area contributed by atoms with E-state index in [2.05, 4.69) is 48.6 Å². The molecule has 1 aliphatic rings. The minimum atomic E-state index is 0.00824. The Bertz CT molecular complexity index is 689. The van der Waals surface area contributed by atoms with Gasteiger partial charge < -0.3 is 0 Å². The lowest BCUT2D eigenvalue weighted by atomic mass is 10.0. The zero-order chi connectivity index (χ0) is 16.2. The molecule has 1 N–H and O–H groups in total. The molecule has 0 heterocycles. The molecule has 2 atom stereocenters. The fraction of sp³-hybridized carbons (Fsp3) is 0.300. The maximum atomic E-state index is 12.1. The molecule has 0 spiro atoms. The molecule has 1 saturated carbocycles. The summed E-state index contributed by atoms with van der Waals surface area (Å²) >= 11 is 0. The average Bonchev–Trinajstić information content (AvgIpc) is 3.37. The van der Waals surface area contributed by atoms with Crippen LogP contribution in [-0.2, 0) is 4.79 Å². The van der Waals surface area contributed by atoms with Gasteiger partial charge in [0.1, 0.15) is 0 Å². The van der Waals surface area contributed by atoms with E-state index in [1.54, 1.807) is 6.21 Å². The molecule has 3 heteroatoms. The van der Waals surface area contributed by atoms with Gasteiger partial charge in [-0.2, -0.15) is 5.10 Å². The highest BCUT2D eigenvalue weighted by Gasteiger charge is 2.43. The summed E-state index contributed by atoms with van der Waals surface area (Å²) in [5.41, 5.74) is 6.19. The Hall–Kier alpha value is -2.42. The van der Waals surface area contributed by atoms with Crippen LogP contribution in [0.5, 0.6) is 0 Å². The van der Waals surface area contributed by atoms with Crippen molar-refractivity contribution in [3.8, 4) is 0 Å². The van der Waals surface area contributed by atoms with E-state index in [9.17, 15) is 4.79 Å². The molecule has 2 aromatic carbocycles. The number of hydrazone groups is 1. The molecule has 118 valence electrons. The maximum absolute atomic E-state index is 12.1. The van der Waals surface area contributed by atoms with E-state index in [-0.39, 0.29) is 11.8 Å². The maximum Gasteiger partial charge on any atom is 0.243 e. The predicted molar refractivity (Wildman–Crippen MR) is 93.6 cm³/mol. The Morgan fingerprint density at radius 2 is 1.83 bits per heavy atom. The van der Waals surface area contributed by atoms with Crippen LogP contribution >= 0.6 is 0 Å². The molecule has 0 bridgehead atoms. The number of rotatable bonds is 5. The van der Waals surface area contributed by atoms with E-state index in [4.69, 9.17) is 0 Å². The molecule has 3 rings (SSSR count). The SMILES string of the molecule is CC(C)c1ccc(/C=N\NC(=O)[C@@H]2C[C@@H]2c2ccccc2)cc1. The molecule has 0 aliphatic heterocycles. The first-order valence-electron chi connectivity index (χ1n) is 8.13. The average molecular weight is 306 g/mol. The number of hydrogen-bond donors (Lipinski definition) is 1. The lowest BCUT2D eigenvalue weighted by molar-refractivity contribution is -0.122. The molecule has 0 aromatic heterocycles. The molecule has 3 nitrogen and oxygen atoms in total. The van der Waals surface area contributed by atoms with Gasteiger partial charge in [-0.15, -0.1) is 0 Å². The smallest absolute Gasteiger partial charge is 0.243 e. The van der Waals surface area contributed by atoms with Crippen molar-refractivity contribution in [2.75, 3.05) is 0 Å². The fourth-order valence-electron chi connectivity index (χ4n) is 2.77. The van der Waals surface area contributed by atoms with Crippen molar-refractivity contribution in [2.45, 2.75) is 32.1 Å². The topological polar surface area (TPSA) is 41.5 Å². The highest BCUT2D eigenvalue weighted by molar-refractivity contribution is 5.85. The predicted octanol–water partition coefficient (Wildman–Crippen LogP) is 4.06. The van der Waals surface area contributed by atoms with Crippen molar-refractivity contribution in [2.24, 2.45) is 11.0 Å². The molecule has 1 amide bonds. The van der Waals surface area contributed by atoms with Gasteiger partial charge in [0.2, 0.25) is 5.91 Å². The zero-order valence-corrected chi connectivity index (χ0v) is 13.6. The van der Waals surface area contributed by atoms with E-state index < -0.39 is 0 Å². The third kappa shape index (κ3) is 3.86. The summed E-state index contributed by atoms with van der Waals surface area (Å²) in [5, 5.41) is 4.08. The Morgan fingerprint density at radius 3 is 2.48 bits per heavy atom. The van der Waals surface area contributed by atoms with Gasteiger partial charge in [0, 0.05) is 5.92 Å². The molecule has 0 saturated heterocycles. The van der Waals surface area contributed by atoms with Gasteiger partial charge in [0.25, 0.3) is 0 Å². The summed E-state index contributed by atoms with van der Waals surface area (Å²) in [6, 6.07) is 18.4. The van der Waals surface area contributed by atoms with E-state index in [0.717, 1.165) is 12.0 Å². The number of benzene rings is 2. The van der Waals surface area contributed by atoms with Gasteiger partial charge in [-0.3, -0.25) is 4.79 Å². The molecular formula is C20H22N2O. The fourth-order valence-corrected chi connectivity index (χ4v) is 2.77. The molecule has 0 unspecified atom stereocenters. The van der Waals surface area contributed by atoms with E-state index in [1.807, 2.05) is 30.3 Å². The molecule has 0 radical (unpaired) electrons. The molecule has 1 fully saturated rings. The van der Waals surface area contributed by atoms with Crippen LogP contribution in [0.3, 0.4) is 0 Å². The summed E-state index contributed by atoms with van der Waals surface area (Å²) in [7, 11) is 0. The summed E-state index contributed by atoms with van der Waals surface area (Å²) in [5.74, 6) is 0.925. The van der Waals surface area contributed by atoms with Gasteiger partial charge in [0.15, 0.2) is 0 Å². The van der Waals surface area contributed by atoms with Crippen molar-refractivity contribution in [1.29, 1.82) is 0 Å². The van der Waals surface area contributed by atoms with Crippen LogP contribution in [-0.4, -0.2) is 12.1 Å². The van der Waals surface area contributed by atoms with E-state index in [0.29, 0.717) is 11.8 Å². The number of hydrogen-bond acceptors (Lipinski definition) is 2. The lowest BCUT2D eigenvalue weighted by Gasteiger charge is -2.04. The highest BCUT2D eigenvalue weighted by atomic mass is 16.2. The molecule has 23 heavy (non-hydrogen) atoms. The van der Waals surface area contributed by atoms with E-state index >= 15 is 0 Å². The van der Waals surface area contributed by atoms with Crippen molar-refractivity contribution in [1.82, 2.24) is 5.43 Å². The van der Waals surface area contributed by atoms with Gasteiger partial charge in [-0.1, -0.05) is 68.4 Å². The number of amides is 1. The highest BCUT2D eigenvalue weighted by Crippen LogP contribution is 2.47. The number of carbonyl (C=O) groups is 1. The Kier molecular flexibility index (Phi) is 4.56. The van der Waals surface area contributed by atoms with Crippen LogP contribution in [0, 0.1) is 5.92 Å². The summed E-state index contributed by atoms with van der Waals surface area (Å²) in [6.45, 7) is 4.34. The Morgan fingerprint density at radius 1 is 1.13 bits per heavy atom. The van der Waals surface area contributed by atoms with Crippen LogP contribution < -0.4 is 5.43 Å². The first kappa shape index (κ1) is 15.5. The van der Waals surface area contributed by atoms with Gasteiger partial charge >= 0.3 is 0 Å². The van der Waals surface area contributed by atoms with Crippen molar-refractivity contribution >= 4 is 12.1 Å². The second kappa shape index (κ2) is 6.78. The molecule has 1 aliphatic carbocycles. The van der Waals surface area contributed by atoms with Crippen LogP contribution in [0.4, 0.5) is 0 Å². The van der Waals surface area contributed by atoms with Crippen LogP contribution in [0.1, 0.15) is 48.8 Å². The first-order valence-corrected chi connectivity index (χ1v) is 8.13.